The molecule has 0 aliphatic heterocycles. The van der Waals surface area contributed by atoms with Crippen LogP contribution in [-0.4, -0.2) is 11.4 Å². The van der Waals surface area contributed by atoms with Crippen LogP contribution in [0.1, 0.15) is 24.5 Å². The van der Waals surface area contributed by atoms with Crippen molar-refractivity contribution in [1.82, 2.24) is 4.90 Å². The molecule has 0 fully saturated rings. The molecule has 0 aliphatic carbocycles. The number of anilines is 1. The van der Waals surface area contributed by atoms with Gasteiger partial charge in [-0.2, -0.15) is 0 Å². The second-order valence-corrected chi connectivity index (χ2v) is 6.06. The smallest absolute Gasteiger partial charge is 0.137 e. The molecule has 112 valence electrons. The van der Waals surface area contributed by atoms with E-state index in [-0.39, 0.29) is 5.82 Å². The Bertz CT molecular complexity index is 584. The number of benzene rings is 2. The van der Waals surface area contributed by atoms with Crippen LogP contribution in [0.15, 0.2) is 46.9 Å². The summed E-state index contributed by atoms with van der Waals surface area (Å²) in [6, 6.07) is 13.2. The van der Waals surface area contributed by atoms with Gasteiger partial charge in [0.25, 0.3) is 0 Å². The number of halogens is 2. The van der Waals surface area contributed by atoms with Crippen LogP contribution in [0.25, 0.3) is 0 Å². The Labute approximate surface area is 133 Å². The van der Waals surface area contributed by atoms with Gasteiger partial charge >= 0.3 is 0 Å². The number of nitrogens with zero attached hydrogens (tertiary/aromatic N) is 1. The second kappa shape index (κ2) is 7.57. The Balaban J connectivity index is 2.07. The molecule has 0 radical (unpaired) electrons. The van der Waals surface area contributed by atoms with Gasteiger partial charge in [0.05, 0.1) is 4.47 Å². The van der Waals surface area contributed by atoms with E-state index < -0.39 is 0 Å². The number of hydrogen-bond acceptors (Lipinski definition) is 2. The van der Waals surface area contributed by atoms with Crippen molar-refractivity contribution >= 4 is 21.6 Å². The Morgan fingerprint density at radius 2 is 1.67 bits per heavy atom. The highest BCUT2D eigenvalue weighted by Crippen LogP contribution is 2.19. The predicted octanol–water partition coefficient (Wildman–Crippen LogP) is 4.58. The van der Waals surface area contributed by atoms with Crippen LogP contribution in [0.4, 0.5) is 10.1 Å². The molecule has 0 atom stereocenters. The molecule has 0 amide bonds. The zero-order chi connectivity index (χ0) is 15.2. The third-order valence-corrected chi connectivity index (χ3v) is 3.92. The Morgan fingerprint density at radius 3 is 2.29 bits per heavy atom. The van der Waals surface area contributed by atoms with Crippen molar-refractivity contribution in [2.24, 2.45) is 0 Å². The van der Waals surface area contributed by atoms with Gasteiger partial charge in [-0.15, -0.1) is 0 Å². The first kappa shape index (κ1) is 16.0. The summed E-state index contributed by atoms with van der Waals surface area (Å²) in [5, 5.41) is 0. The number of hydrogen-bond donors (Lipinski definition) is 1. The van der Waals surface area contributed by atoms with Gasteiger partial charge in [0.15, 0.2) is 0 Å². The highest BCUT2D eigenvalue weighted by atomic mass is 79.9. The fourth-order valence-electron chi connectivity index (χ4n) is 2.31. The third-order valence-electron chi connectivity index (χ3n) is 3.32. The minimum absolute atomic E-state index is 0.223. The fourth-order valence-corrected chi connectivity index (χ4v) is 2.73. The monoisotopic (exact) mass is 350 g/mol. The first-order valence-corrected chi connectivity index (χ1v) is 7.88. The van der Waals surface area contributed by atoms with Gasteiger partial charge in [0.1, 0.15) is 5.82 Å². The molecule has 2 N–H and O–H groups in total. The van der Waals surface area contributed by atoms with Crippen molar-refractivity contribution in [3.05, 3.63) is 63.9 Å². The summed E-state index contributed by atoms with van der Waals surface area (Å²) in [5.74, 6) is -0.223. The molecule has 0 bridgehead atoms. The SMILES string of the molecule is CCCN(Cc1ccc(N)cc1)Cc1ccc(F)c(Br)c1. The van der Waals surface area contributed by atoms with Crippen LogP contribution in [0.3, 0.4) is 0 Å². The quantitative estimate of drug-likeness (QED) is 0.772. The summed E-state index contributed by atoms with van der Waals surface area (Å²) in [6.07, 6.45) is 1.08. The third kappa shape index (κ3) is 4.83. The minimum Gasteiger partial charge on any atom is -0.399 e. The van der Waals surface area contributed by atoms with Gasteiger partial charge in [-0.1, -0.05) is 25.1 Å². The van der Waals surface area contributed by atoms with Gasteiger partial charge in [-0.25, -0.2) is 4.39 Å². The van der Waals surface area contributed by atoms with E-state index in [9.17, 15) is 4.39 Å². The zero-order valence-corrected chi connectivity index (χ0v) is 13.7. The van der Waals surface area contributed by atoms with Crippen LogP contribution in [0.5, 0.6) is 0 Å². The lowest BCUT2D eigenvalue weighted by Gasteiger charge is -2.22. The average Bonchev–Trinajstić information content (AvgIpc) is 2.46. The van der Waals surface area contributed by atoms with Crippen molar-refractivity contribution in [2.75, 3.05) is 12.3 Å². The number of nitrogen functional groups attached to an aromatic ring is 1. The lowest BCUT2D eigenvalue weighted by atomic mass is 10.1. The van der Waals surface area contributed by atoms with Crippen LogP contribution >= 0.6 is 15.9 Å². The molecule has 0 aromatic heterocycles. The average molecular weight is 351 g/mol. The molecule has 21 heavy (non-hydrogen) atoms. The lowest BCUT2D eigenvalue weighted by molar-refractivity contribution is 0.257. The van der Waals surface area contributed by atoms with E-state index in [1.807, 2.05) is 24.3 Å². The van der Waals surface area contributed by atoms with E-state index in [1.165, 1.54) is 11.6 Å². The normalized spacial score (nSPS) is 11.0. The van der Waals surface area contributed by atoms with Gasteiger partial charge in [-0.05, 0) is 64.3 Å². The van der Waals surface area contributed by atoms with Crippen LogP contribution in [0.2, 0.25) is 0 Å². The Hall–Kier alpha value is -1.39. The van der Waals surface area contributed by atoms with E-state index in [1.54, 1.807) is 0 Å². The molecule has 2 aromatic rings. The molecule has 0 heterocycles. The minimum atomic E-state index is -0.223. The zero-order valence-electron chi connectivity index (χ0n) is 12.2. The maximum absolute atomic E-state index is 13.3. The van der Waals surface area contributed by atoms with E-state index in [2.05, 4.69) is 39.9 Å². The summed E-state index contributed by atoms with van der Waals surface area (Å²) in [4.78, 5) is 2.35. The molecule has 4 heteroatoms. The molecule has 0 aliphatic rings. The largest absolute Gasteiger partial charge is 0.399 e. The van der Waals surface area contributed by atoms with E-state index in [0.29, 0.717) is 4.47 Å². The van der Waals surface area contributed by atoms with Gasteiger partial charge in [0, 0.05) is 18.8 Å². The fraction of sp³-hybridized carbons (Fsp3) is 0.294. The first-order chi connectivity index (χ1) is 10.1. The highest BCUT2D eigenvalue weighted by molar-refractivity contribution is 9.10. The summed E-state index contributed by atoms with van der Waals surface area (Å²) in [7, 11) is 0. The first-order valence-electron chi connectivity index (χ1n) is 7.09. The van der Waals surface area contributed by atoms with Crippen LogP contribution < -0.4 is 5.73 Å². The van der Waals surface area contributed by atoms with Crippen molar-refractivity contribution in [3.63, 3.8) is 0 Å². The number of rotatable bonds is 6. The van der Waals surface area contributed by atoms with Crippen LogP contribution in [-0.2, 0) is 13.1 Å². The van der Waals surface area contributed by atoms with Gasteiger partial charge < -0.3 is 5.73 Å². The van der Waals surface area contributed by atoms with Gasteiger partial charge in [0.2, 0.25) is 0 Å². The van der Waals surface area contributed by atoms with E-state index in [0.717, 1.165) is 37.3 Å². The molecule has 2 rings (SSSR count). The van der Waals surface area contributed by atoms with E-state index >= 15 is 0 Å². The standard InChI is InChI=1S/C17H20BrFN2/c1-2-9-21(11-13-3-6-15(20)7-4-13)12-14-5-8-17(19)16(18)10-14/h3-8,10H,2,9,11-12,20H2,1H3. The lowest BCUT2D eigenvalue weighted by Crippen LogP contribution is -2.23. The van der Waals surface area contributed by atoms with Crippen molar-refractivity contribution < 1.29 is 4.39 Å². The van der Waals surface area contributed by atoms with Gasteiger partial charge in [-0.3, -0.25) is 4.90 Å². The molecule has 2 aromatic carbocycles. The maximum atomic E-state index is 13.3. The Kier molecular flexibility index (Phi) is 5.76. The molecule has 0 saturated heterocycles. The topological polar surface area (TPSA) is 29.3 Å². The molecule has 2 nitrogen and oxygen atoms in total. The summed E-state index contributed by atoms with van der Waals surface area (Å²) < 4.78 is 13.8. The summed E-state index contributed by atoms with van der Waals surface area (Å²) in [6.45, 7) is 4.83. The Morgan fingerprint density at radius 1 is 1.05 bits per heavy atom. The molecular weight excluding hydrogens is 331 g/mol. The van der Waals surface area contributed by atoms with Crippen molar-refractivity contribution in [3.8, 4) is 0 Å². The summed E-state index contributed by atoms with van der Waals surface area (Å²) >= 11 is 3.24. The maximum Gasteiger partial charge on any atom is 0.137 e. The molecule has 0 unspecified atom stereocenters. The molecular formula is C17H20BrFN2. The van der Waals surface area contributed by atoms with E-state index in [4.69, 9.17) is 5.73 Å². The predicted molar refractivity (Wildman–Crippen MR) is 89.4 cm³/mol. The molecule has 0 spiro atoms. The highest BCUT2D eigenvalue weighted by Gasteiger charge is 2.08. The second-order valence-electron chi connectivity index (χ2n) is 5.20. The van der Waals surface area contributed by atoms with Crippen molar-refractivity contribution in [2.45, 2.75) is 26.4 Å². The van der Waals surface area contributed by atoms with Crippen LogP contribution in [0, 0.1) is 5.82 Å². The molecule has 0 saturated carbocycles. The summed E-state index contributed by atoms with van der Waals surface area (Å²) in [5.41, 5.74) is 8.84. The van der Waals surface area contributed by atoms with Crippen molar-refractivity contribution in [1.29, 1.82) is 0 Å². The number of nitrogens with two attached hydrogens (primary N) is 1.